The Morgan fingerprint density at radius 1 is 1.10 bits per heavy atom. The monoisotopic (exact) mass is 283 g/mol. The number of nitrogens with one attached hydrogen (secondary N) is 1. The summed E-state index contributed by atoms with van der Waals surface area (Å²) in [5.74, 6) is -0.738. The summed E-state index contributed by atoms with van der Waals surface area (Å²) in [6.45, 7) is 3.57. The third kappa shape index (κ3) is 5.04. The lowest BCUT2D eigenvalue weighted by molar-refractivity contribution is -0.137. The van der Waals surface area contributed by atoms with Crippen molar-refractivity contribution in [2.24, 2.45) is 0 Å². The molecule has 0 fully saturated rings. The summed E-state index contributed by atoms with van der Waals surface area (Å²) in [6.07, 6.45) is 0.878. The van der Waals surface area contributed by atoms with Crippen LogP contribution in [0.25, 0.3) is 11.1 Å². The Balaban J connectivity index is 1.92. The number of carboxylic acids is 1. The van der Waals surface area contributed by atoms with Gasteiger partial charge >= 0.3 is 5.97 Å². The third-order valence-electron chi connectivity index (χ3n) is 3.39. The fourth-order valence-corrected chi connectivity index (χ4v) is 2.20. The van der Waals surface area contributed by atoms with Crippen molar-refractivity contribution < 1.29 is 9.90 Å². The quantitative estimate of drug-likeness (QED) is 0.763. The molecule has 3 nitrogen and oxygen atoms in total. The van der Waals surface area contributed by atoms with Crippen LogP contribution in [0.15, 0.2) is 48.5 Å². The highest BCUT2D eigenvalue weighted by Gasteiger charge is 2.00. The molecule has 2 aromatic rings. The Bertz CT molecular complexity index is 590. The average Bonchev–Trinajstić information content (AvgIpc) is 2.48. The van der Waals surface area contributed by atoms with Gasteiger partial charge in [0.15, 0.2) is 0 Å². The van der Waals surface area contributed by atoms with Gasteiger partial charge in [0.2, 0.25) is 0 Å². The molecule has 0 aliphatic carbocycles. The maximum atomic E-state index is 10.4. The zero-order valence-corrected chi connectivity index (χ0v) is 12.3. The van der Waals surface area contributed by atoms with Crippen molar-refractivity contribution >= 4 is 5.97 Å². The smallest absolute Gasteiger partial charge is 0.303 e. The molecular formula is C18H21NO2. The summed E-state index contributed by atoms with van der Waals surface area (Å²) in [5, 5.41) is 11.9. The Morgan fingerprint density at radius 3 is 2.57 bits per heavy atom. The highest BCUT2D eigenvalue weighted by Crippen LogP contribution is 2.20. The van der Waals surface area contributed by atoms with Gasteiger partial charge in [-0.2, -0.15) is 0 Å². The van der Waals surface area contributed by atoms with E-state index in [4.69, 9.17) is 5.11 Å². The van der Waals surface area contributed by atoms with Crippen molar-refractivity contribution in [3.8, 4) is 11.1 Å². The second-order valence-corrected chi connectivity index (χ2v) is 5.24. The number of aryl methyl sites for hydroxylation is 1. The van der Waals surface area contributed by atoms with Gasteiger partial charge in [0, 0.05) is 13.0 Å². The SMILES string of the molecule is Cc1ccc(-c2cccc(CNCCCC(=O)O)c2)cc1. The Hall–Kier alpha value is -2.13. The molecule has 0 amide bonds. The molecule has 2 aromatic carbocycles. The zero-order valence-electron chi connectivity index (χ0n) is 12.3. The largest absolute Gasteiger partial charge is 0.481 e. The molecule has 0 bridgehead atoms. The first kappa shape index (κ1) is 15.3. The summed E-state index contributed by atoms with van der Waals surface area (Å²) < 4.78 is 0. The maximum absolute atomic E-state index is 10.4. The Kier molecular flexibility index (Phi) is 5.52. The van der Waals surface area contributed by atoms with E-state index in [0.29, 0.717) is 6.42 Å². The lowest BCUT2D eigenvalue weighted by Crippen LogP contribution is -2.15. The highest BCUT2D eigenvalue weighted by atomic mass is 16.4. The Labute approximate surface area is 125 Å². The molecule has 0 unspecified atom stereocenters. The van der Waals surface area contributed by atoms with Crippen LogP contribution in [0.5, 0.6) is 0 Å². The molecular weight excluding hydrogens is 262 g/mol. The van der Waals surface area contributed by atoms with E-state index in [1.165, 1.54) is 22.3 Å². The summed E-state index contributed by atoms with van der Waals surface area (Å²) in [6, 6.07) is 16.9. The van der Waals surface area contributed by atoms with E-state index in [-0.39, 0.29) is 6.42 Å². The van der Waals surface area contributed by atoms with Crippen molar-refractivity contribution in [1.82, 2.24) is 5.32 Å². The minimum Gasteiger partial charge on any atom is -0.481 e. The second-order valence-electron chi connectivity index (χ2n) is 5.24. The van der Waals surface area contributed by atoms with Crippen LogP contribution in [0.3, 0.4) is 0 Å². The van der Waals surface area contributed by atoms with Crippen LogP contribution in [-0.4, -0.2) is 17.6 Å². The second kappa shape index (κ2) is 7.60. The van der Waals surface area contributed by atoms with Gasteiger partial charge in [-0.05, 0) is 42.6 Å². The van der Waals surface area contributed by atoms with Crippen LogP contribution >= 0.6 is 0 Å². The molecule has 2 N–H and O–H groups in total. The van der Waals surface area contributed by atoms with Gasteiger partial charge in [0.05, 0.1) is 0 Å². The molecule has 3 heteroatoms. The summed E-state index contributed by atoms with van der Waals surface area (Å²) >= 11 is 0. The van der Waals surface area contributed by atoms with E-state index in [0.717, 1.165) is 13.1 Å². The van der Waals surface area contributed by atoms with Crippen molar-refractivity contribution in [3.05, 3.63) is 59.7 Å². The molecule has 0 spiro atoms. The molecule has 0 aliphatic rings. The minimum atomic E-state index is -0.738. The van der Waals surface area contributed by atoms with Crippen LogP contribution in [0, 0.1) is 6.92 Å². The lowest BCUT2D eigenvalue weighted by Gasteiger charge is -2.07. The van der Waals surface area contributed by atoms with Crippen molar-refractivity contribution in [1.29, 1.82) is 0 Å². The number of hydrogen-bond acceptors (Lipinski definition) is 2. The Morgan fingerprint density at radius 2 is 1.86 bits per heavy atom. The predicted molar refractivity (Wildman–Crippen MR) is 85.2 cm³/mol. The van der Waals surface area contributed by atoms with E-state index in [1.54, 1.807) is 0 Å². The van der Waals surface area contributed by atoms with Crippen LogP contribution in [-0.2, 0) is 11.3 Å². The van der Waals surface area contributed by atoms with Gasteiger partial charge in [-0.25, -0.2) is 0 Å². The van der Waals surface area contributed by atoms with Gasteiger partial charge in [-0.3, -0.25) is 4.79 Å². The number of carboxylic acid groups (broad SMARTS) is 1. The average molecular weight is 283 g/mol. The van der Waals surface area contributed by atoms with Crippen LogP contribution in [0.2, 0.25) is 0 Å². The van der Waals surface area contributed by atoms with Gasteiger partial charge < -0.3 is 10.4 Å². The molecule has 0 saturated heterocycles. The number of benzene rings is 2. The van der Waals surface area contributed by atoms with Crippen molar-refractivity contribution in [2.75, 3.05) is 6.54 Å². The molecule has 0 saturated carbocycles. The number of aliphatic carboxylic acids is 1. The fourth-order valence-electron chi connectivity index (χ4n) is 2.20. The van der Waals surface area contributed by atoms with E-state index < -0.39 is 5.97 Å². The standard InChI is InChI=1S/C18H21NO2/c1-14-7-9-16(10-8-14)17-5-2-4-15(12-17)13-19-11-3-6-18(20)21/h2,4-5,7-10,12,19H,3,6,11,13H2,1H3,(H,20,21). The molecule has 0 aromatic heterocycles. The van der Waals surface area contributed by atoms with Crippen LogP contribution in [0.1, 0.15) is 24.0 Å². The minimum absolute atomic E-state index is 0.219. The molecule has 0 radical (unpaired) electrons. The molecule has 0 atom stereocenters. The first-order chi connectivity index (χ1) is 10.1. The van der Waals surface area contributed by atoms with E-state index in [2.05, 4.69) is 60.8 Å². The zero-order chi connectivity index (χ0) is 15.1. The van der Waals surface area contributed by atoms with Crippen LogP contribution in [0.4, 0.5) is 0 Å². The molecule has 110 valence electrons. The molecule has 0 heterocycles. The molecule has 2 rings (SSSR count). The van der Waals surface area contributed by atoms with E-state index in [1.807, 2.05) is 0 Å². The topological polar surface area (TPSA) is 49.3 Å². The van der Waals surface area contributed by atoms with Crippen molar-refractivity contribution in [3.63, 3.8) is 0 Å². The first-order valence-corrected chi connectivity index (χ1v) is 7.23. The van der Waals surface area contributed by atoms with Gasteiger partial charge in [-0.15, -0.1) is 0 Å². The fraction of sp³-hybridized carbons (Fsp3) is 0.278. The first-order valence-electron chi connectivity index (χ1n) is 7.23. The van der Waals surface area contributed by atoms with Crippen LogP contribution < -0.4 is 5.32 Å². The highest BCUT2D eigenvalue weighted by molar-refractivity contribution is 5.66. The molecule has 0 aliphatic heterocycles. The summed E-state index contributed by atoms with van der Waals surface area (Å²) in [7, 11) is 0. The normalized spacial score (nSPS) is 10.5. The summed E-state index contributed by atoms with van der Waals surface area (Å²) in [5.41, 5.74) is 4.89. The maximum Gasteiger partial charge on any atom is 0.303 e. The van der Waals surface area contributed by atoms with Gasteiger partial charge in [0.1, 0.15) is 0 Å². The number of hydrogen-bond donors (Lipinski definition) is 2. The third-order valence-corrected chi connectivity index (χ3v) is 3.39. The molecule has 21 heavy (non-hydrogen) atoms. The van der Waals surface area contributed by atoms with Gasteiger partial charge in [0.25, 0.3) is 0 Å². The lowest BCUT2D eigenvalue weighted by atomic mass is 10.0. The van der Waals surface area contributed by atoms with Crippen molar-refractivity contribution in [2.45, 2.75) is 26.3 Å². The van der Waals surface area contributed by atoms with E-state index in [9.17, 15) is 4.79 Å². The van der Waals surface area contributed by atoms with E-state index >= 15 is 0 Å². The predicted octanol–water partition coefficient (Wildman–Crippen LogP) is 3.62. The summed E-state index contributed by atoms with van der Waals surface area (Å²) in [4.78, 5) is 10.4. The van der Waals surface area contributed by atoms with Gasteiger partial charge in [-0.1, -0.05) is 48.0 Å². The number of rotatable bonds is 7. The number of carbonyl (C=O) groups is 1.